The molecule has 0 fully saturated rings. The van der Waals surface area contributed by atoms with E-state index in [1.54, 1.807) is 11.8 Å². The molecule has 2 aromatic heterocycles. The van der Waals surface area contributed by atoms with Gasteiger partial charge in [0, 0.05) is 23.9 Å². The zero-order valence-electron chi connectivity index (χ0n) is 16.2. The number of pyridine rings is 1. The average Bonchev–Trinajstić information content (AvgIpc) is 3.16. The van der Waals surface area contributed by atoms with E-state index in [0.717, 1.165) is 0 Å². The van der Waals surface area contributed by atoms with Crippen LogP contribution in [-0.2, 0) is 0 Å². The van der Waals surface area contributed by atoms with Gasteiger partial charge in [-0.25, -0.2) is 23.5 Å². The molecule has 0 atom stereocenters. The predicted molar refractivity (Wildman–Crippen MR) is 108 cm³/mol. The highest BCUT2D eigenvalue weighted by molar-refractivity contribution is 5.98. The average molecular weight is 423 g/mol. The highest BCUT2D eigenvalue weighted by Gasteiger charge is 2.28. The lowest BCUT2D eigenvalue weighted by atomic mass is 10.0. The fraction of sp³-hybridized carbons (Fsp3) is 0.136. The van der Waals surface area contributed by atoms with Gasteiger partial charge in [0.1, 0.15) is 35.3 Å². The number of oxazole rings is 1. The summed E-state index contributed by atoms with van der Waals surface area (Å²) in [7, 11) is 0. The summed E-state index contributed by atoms with van der Waals surface area (Å²) in [6.45, 7) is 2.32. The summed E-state index contributed by atoms with van der Waals surface area (Å²) in [5, 5.41) is 9.93. The molecule has 5 rings (SSSR count). The molecule has 156 valence electrons. The molecule has 7 nitrogen and oxygen atoms in total. The molecule has 0 saturated carbocycles. The van der Waals surface area contributed by atoms with Crippen molar-refractivity contribution in [2.45, 2.75) is 6.92 Å². The second-order valence-electron chi connectivity index (χ2n) is 7.04. The third-order valence-corrected chi connectivity index (χ3v) is 5.13. The lowest BCUT2D eigenvalue weighted by Crippen LogP contribution is -2.30. The van der Waals surface area contributed by atoms with Gasteiger partial charge in [0.15, 0.2) is 5.58 Å². The number of halogens is 2. The molecule has 0 bridgehead atoms. The van der Waals surface area contributed by atoms with Gasteiger partial charge in [0.2, 0.25) is 5.89 Å². The Kier molecular flexibility index (Phi) is 4.32. The molecule has 1 aliphatic rings. The summed E-state index contributed by atoms with van der Waals surface area (Å²) >= 11 is 0. The minimum atomic E-state index is -1.20. The first-order chi connectivity index (χ1) is 14.9. The Hall–Kier alpha value is -4.01. The number of nitrogens with zero attached hydrogens (tertiary/aromatic N) is 3. The Bertz CT molecular complexity index is 1350. The monoisotopic (exact) mass is 423 g/mol. The highest BCUT2D eigenvalue weighted by Crippen LogP contribution is 2.39. The standard InChI is InChI=1S/C22H15F2N3O4/c1-11-19(22(28)29)14(21-26-15-4-2-13(24)9-18(15)31-21)10-25-20(11)27-6-7-30-17-5-3-12(23)8-16(17)27/h2-5,8-10H,6-7H2,1H3,(H,28,29). The van der Waals surface area contributed by atoms with Crippen LogP contribution in [0.4, 0.5) is 20.3 Å². The molecule has 2 aromatic carbocycles. The second-order valence-corrected chi connectivity index (χ2v) is 7.04. The molecule has 0 spiro atoms. The van der Waals surface area contributed by atoms with E-state index < -0.39 is 17.6 Å². The van der Waals surface area contributed by atoms with E-state index in [1.165, 1.54) is 42.6 Å². The van der Waals surface area contributed by atoms with Crippen LogP contribution < -0.4 is 9.64 Å². The molecule has 9 heteroatoms. The van der Waals surface area contributed by atoms with Crippen molar-refractivity contribution in [1.29, 1.82) is 0 Å². The van der Waals surface area contributed by atoms with E-state index >= 15 is 0 Å². The van der Waals surface area contributed by atoms with Gasteiger partial charge in [-0.05, 0) is 31.2 Å². The van der Waals surface area contributed by atoms with Gasteiger partial charge in [-0.2, -0.15) is 0 Å². The Balaban J connectivity index is 1.67. The Morgan fingerprint density at radius 1 is 1.16 bits per heavy atom. The lowest BCUT2D eigenvalue weighted by molar-refractivity contribution is 0.0696. The third kappa shape index (κ3) is 3.14. The zero-order valence-corrected chi connectivity index (χ0v) is 16.2. The molecule has 4 aromatic rings. The van der Waals surface area contributed by atoms with Crippen LogP contribution in [0, 0.1) is 18.6 Å². The largest absolute Gasteiger partial charge is 0.490 e. The zero-order chi connectivity index (χ0) is 21.7. The second kappa shape index (κ2) is 7.05. The van der Waals surface area contributed by atoms with E-state index in [-0.39, 0.29) is 22.6 Å². The van der Waals surface area contributed by atoms with Crippen molar-refractivity contribution in [3.05, 3.63) is 65.4 Å². The smallest absolute Gasteiger partial charge is 0.336 e. The first kappa shape index (κ1) is 19.0. The number of ether oxygens (including phenoxy) is 1. The molecule has 1 aliphatic heterocycles. The lowest BCUT2D eigenvalue weighted by Gasteiger charge is -2.31. The number of anilines is 2. The van der Waals surface area contributed by atoms with Crippen molar-refractivity contribution in [3.63, 3.8) is 0 Å². The summed E-state index contributed by atoms with van der Waals surface area (Å²) in [6, 6.07) is 8.01. The Labute approximate surface area is 174 Å². The van der Waals surface area contributed by atoms with Crippen molar-refractivity contribution in [2.75, 3.05) is 18.1 Å². The van der Waals surface area contributed by atoms with Crippen molar-refractivity contribution in [2.24, 2.45) is 0 Å². The molecule has 0 radical (unpaired) electrons. The number of benzene rings is 2. The molecule has 31 heavy (non-hydrogen) atoms. The first-order valence-corrected chi connectivity index (χ1v) is 9.41. The van der Waals surface area contributed by atoms with Crippen LogP contribution in [-0.4, -0.2) is 34.2 Å². The summed E-state index contributed by atoms with van der Waals surface area (Å²) in [4.78, 5) is 22.6. The maximum atomic E-state index is 13.9. The van der Waals surface area contributed by atoms with Gasteiger partial charge in [0.05, 0.1) is 23.4 Å². The molecular formula is C22H15F2N3O4. The van der Waals surface area contributed by atoms with Gasteiger partial charge in [-0.15, -0.1) is 0 Å². The maximum absolute atomic E-state index is 13.9. The number of carboxylic acid groups (broad SMARTS) is 1. The minimum absolute atomic E-state index is 0.0218. The minimum Gasteiger partial charge on any atom is -0.490 e. The fourth-order valence-corrected chi connectivity index (χ4v) is 3.74. The van der Waals surface area contributed by atoms with Gasteiger partial charge in [-0.3, -0.25) is 0 Å². The summed E-state index contributed by atoms with van der Waals surface area (Å²) in [5.41, 5.74) is 1.52. The fourth-order valence-electron chi connectivity index (χ4n) is 3.74. The van der Waals surface area contributed by atoms with E-state index in [9.17, 15) is 18.7 Å². The van der Waals surface area contributed by atoms with Gasteiger partial charge in [-0.1, -0.05) is 0 Å². The number of carboxylic acids is 1. The number of hydrogen-bond donors (Lipinski definition) is 1. The number of carbonyl (C=O) groups is 1. The summed E-state index contributed by atoms with van der Waals surface area (Å²) < 4.78 is 38.5. The number of aromatic nitrogens is 2. The molecule has 0 saturated heterocycles. The number of fused-ring (bicyclic) bond motifs is 2. The molecule has 0 amide bonds. The summed E-state index contributed by atoms with van der Waals surface area (Å²) in [6.07, 6.45) is 1.35. The third-order valence-electron chi connectivity index (χ3n) is 5.13. The summed E-state index contributed by atoms with van der Waals surface area (Å²) in [5.74, 6) is -1.27. The highest BCUT2D eigenvalue weighted by atomic mass is 19.1. The molecule has 1 N–H and O–H groups in total. The molecule has 0 unspecified atom stereocenters. The van der Waals surface area contributed by atoms with Crippen molar-refractivity contribution >= 4 is 28.6 Å². The Morgan fingerprint density at radius 2 is 1.94 bits per heavy atom. The van der Waals surface area contributed by atoms with E-state index in [1.807, 2.05) is 0 Å². The maximum Gasteiger partial charge on any atom is 0.336 e. The number of rotatable bonds is 3. The first-order valence-electron chi connectivity index (χ1n) is 9.41. The number of aromatic carboxylic acids is 1. The van der Waals surface area contributed by atoms with Crippen LogP contribution in [0.2, 0.25) is 0 Å². The van der Waals surface area contributed by atoms with Crippen LogP contribution in [0.25, 0.3) is 22.6 Å². The molecule has 0 aliphatic carbocycles. The van der Waals surface area contributed by atoms with Crippen LogP contribution in [0.3, 0.4) is 0 Å². The quantitative estimate of drug-likeness (QED) is 0.511. The number of hydrogen-bond acceptors (Lipinski definition) is 6. The van der Waals surface area contributed by atoms with Gasteiger partial charge in [0.25, 0.3) is 0 Å². The van der Waals surface area contributed by atoms with Crippen LogP contribution in [0.1, 0.15) is 15.9 Å². The van der Waals surface area contributed by atoms with E-state index in [4.69, 9.17) is 9.15 Å². The SMILES string of the molecule is Cc1c(N2CCOc3ccc(F)cc32)ncc(-c2nc3ccc(F)cc3o2)c1C(=O)O. The van der Waals surface area contributed by atoms with Gasteiger partial charge < -0.3 is 19.2 Å². The molecule has 3 heterocycles. The normalized spacial score (nSPS) is 13.2. The van der Waals surface area contributed by atoms with Crippen molar-refractivity contribution in [1.82, 2.24) is 9.97 Å². The van der Waals surface area contributed by atoms with E-state index in [2.05, 4.69) is 9.97 Å². The Morgan fingerprint density at radius 3 is 2.74 bits per heavy atom. The van der Waals surface area contributed by atoms with Crippen molar-refractivity contribution in [3.8, 4) is 17.2 Å². The van der Waals surface area contributed by atoms with Crippen molar-refractivity contribution < 1.29 is 27.8 Å². The van der Waals surface area contributed by atoms with E-state index in [0.29, 0.717) is 41.5 Å². The van der Waals surface area contributed by atoms with Gasteiger partial charge >= 0.3 is 5.97 Å². The van der Waals surface area contributed by atoms with Crippen LogP contribution in [0.15, 0.2) is 47.0 Å². The molecular weight excluding hydrogens is 408 g/mol. The topological polar surface area (TPSA) is 88.7 Å². The van der Waals surface area contributed by atoms with Crippen LogP contribution in [0.5, 0.6) is 5.75 Å². The predicted octanol–water partition coefficient (Wildman–Crippen LogP) is 4.71. The van der Waals surface area contributed by atoms with Crippen LogP contribution >= 0.6 is 0 Å².